The van der Waals surface area contributed by atoms with Gasteiger partial charge < -0.3 is 15.4 Å². The van der Waals surface area contributed by atoms with E-state index in [0.29, 0.717) is 18.5 Å². The second kappa shape index (κ2) is 9.70. The normalized spacial score (nSPS) is 11.7. The Labute approximate surface area is 143 Å². The largest absolute Gasteiger partial charge is 0.469 e. The lowest BCUT2D eigenvalue weighted by Crippen LogP contribution is -2.49. The van der Waals surface area contributed by atoms with Gasteiger partial charge in [-0.05, 0) is 31.4 Å². The summed E-state index contributed by atoms with van der Waals surface area (Å²) >= 11 is 0. The van der Waals surface area contributed by atoms with Crippen LogP contribution in [0.4, 0.5) is 0 Å². The van der Waals surface area contributed by atoms with E-state index in [-0.39, 0.29) is 30.1 Å². The number of carbonyl (C=O) groups is 3. The molecule has 2 N–H and O–H groups in total. The molecule has 0 saturated heterocycles. The average Bonchev–Trinajstić information content (AvgIpc) is 2.55. The van der Waals surface area contributed by atoms with Crippen LogP contribution in [0.5, 0.6) is 0 Å². The summed E-state index contributed by atoms with van der Waals surface area (Å²) in [5.74, 6) is -0.894. The number of amides is 2. The van der Waals surface area contributed by atoms with Crippen LogP contribution in [-0.4, -0.2) is 37.5 Å². The molecule has 0 aromatic heterocycles. The van der Waals surface area contributed by atoms with Crippen LogP contribution < -0.4 is 10.6 Å². The smallest absolute Gasteiger partial charge is 0.305 e. The molecule has 0 radical (unpaired) electrons. The van der Waals surface area contributed by atoms with E-state index in [4.69, 9.17) is 0 Å². The Balaban J connectivity index is 2.58. The number of carbonyl (C=O) groups excluding carboxylic acids is 3. The molecule has 132 valence electrons. The monoisotopic (exact) mass is 334 g/mol. The SMILES string of the molecule is COC(=O)CCCNC(=O)C(NC(=O)c1cccc(C)c1)C(C)C. The molecular formula is C18H26N2O4. The van der Waals surface area contributed by atoms with Crippen LogP contribution >= 0.6 is 0 Å². The Hall–Kier alpha value is -2.37. The van der Waals surface area contributed by atoms with Gasteiger partial charge in [-0.2, -0.15) is 0 Å². The predicted octanol–water partition coefficient (Wildman–Crippen LogP) is 1.82. The van der Waals surface area contributed by atoms with Crippen molar-refractivity contribution in [2.75, 3.05) is 13.7 Å². The molecule has 1 aromatic carbocycles. The van der Waals surface area contributed by atoms with Crippen LogP contribution in [0.15, 0.2) is 24.3 Å². The van der Waals surface area contributed by atoms with Crippen LogP contribution in [0.3, 0.4) is 0 Å². The van der Waals surface area contributed by atoms with Crippen molar-refractivity contribution in [1.82, 2.24) is 10.6 Å². The highest BCUT2D eigenvalue weighted by molar-refractivity contribution is 5.97. The van der Waals surface area contributed by atoms with E-state index in [1.54, 1.807) is 12.1 Å². The van der Waals surface area contributed by atoms with Crippen molar-refractivity contribution in [3.63, 3.8) is 0 Å². The highest BCUT2D eigenvalue weighted by Gasteiger charge is 2.24. The summed E-state index contributed by atoms with van der Waals surface area (Å²) in [5, 5.41) is 5.53. The van der Waals surface area contributed by atoms with Gasteiger partial charge in [0.2, 0.25) is 5.91 Å². The third-order valence-electron chi connectivity index (χ3n) is 3.60. The Bertz CT molecular complexity index is 584. The van der Waals surface area contributed by atoms with Gasteiger partial charge in [0.25, 0.3) is 5.91 Å². The van der Waals surface area contributed by atoms with Crippen molar-refractivity contribution in [1.29, 1.82) is 0 Å². The van der Waals surface area contributed by atoms with Crippen LogP contribution in [0.2, 0.25) is 0 Å². The molecule has 1 aromatic rings. The first-order valence-electron chi connectivity index (χ1n) is 8.07. The fourth-order valence-corrected chi connectivity index (χ4v) is 2.20. The Kier molecular flexibility index (Phi) is 7.95. The van der Waals surface area contributed by atoms with Gasteiger partial charge in [-0.15, -0.1) is 0 Å². The van der Waals surface area contributed by atoms with Gasteiger partial charge >= 0.3 is 5.97 Å². The first-order chi connectivity index (χ1) is 11.3. The number of hydrogen-bond donors (Lipinski definition) is 2. The summed E-state index contributed by atoms with van der Waals surface area (Å²) in [5.41, 5.74) is 1.51. The quantitative estimate of drug-likeness (QED) is 0.561. The van der Waals surface area contributed by atoms with Gasteiger partial charge in [0, 0.05) is 18.5 Å². The summed E-state index contributed by atoms with van der Waals surface area (Å²) < 4.78 is 4.55. The summed E-state index contributed by atoms with van der Waals surface area (Å²) in [7, 11) is 1.33. The molecule has 24 heavy (non-hydrogen) atoms. The standard InChI is InChI=1S/C18H26N2O4/c1-12(2)16(18(23)19-10-6-9-15(21)24-4)20-17(22)14-8-5-7-13(3)11-14/h5,7-8,11-12,16H,6,9-10H2,1-4H3,(H,19,23)(H,20,22). The fraction of sp³-hybridized carbons (Fsp3) is 0.500. The Morgan fingerprint density at radius 2 is 1.92 bits per heavy atom. The topological polar surface area (TPSA) is 84.5 Å². The minimum absolute atomic E-state index is 0.0561. The number of ether oxygens (including phenoxy) is 1. The zero-order valence-corrected chi connectivity index (χ0v) is 14.7. The average molecular weight is 334 g/mol. The molecule has 0 bridgehead atoms. The van der Waals surface area contributed by atoms with Crippen LogP contribution in [0, 0.1) is 12.8 Å². The van der Waals surface area contributed by atoms with E-state index in [1.165, 1.54) is 7.11 Å². The second-order valence-electron chi connectivity index (χ2n) is 6.04. The maximum atomic E-state index is 12.3. The van der Waals surface area contributed by atoms with E-state index in [1.807, 2.05) is 32.9 Å². The first kappa shape index (κ1) is 19.7. The van der Waals surface area contributed by atoms with Crippen LogP contribution in [0.25, 0.3) is 0 Å². The first-order valence-corrected chi connectivity index (χ1v) is 8.07. The molecule has 0 aliphatic carbocycles. The number of rotatable bonds is 8. The van der Waals surface area contributed by atoms with E-state index in [0.717, 1.165) is 5.56 Å². The summed E-state index contributed by atoms with van der Waals surface area (Å²) in [6, 6.07) is 6.58. The van der Waals surface area contributed by atoms with Crippen molar-refractivity contribution < 1.29 is 19.1 Å². The number of esters is 1. The van der Waals surface area contributed by atoms with Crippen molar-refractivity contribution >= 4 is 17.8 Å². The molecule has 0 heterocycles. The van der Waals surface area contributed by atoms with Gasteiger partial charge in [0.15, 0.2) is 0 Å². The molecule has 1 atom stereocenters. The zero-order chi connectivity index (χ0) is 18.1. The number of nitrogens with one attached hydrogen (secondary N) is 2. The van der Waals surface area contributed by atoms with Gasteiger partial charge in [-0.1, -0.05) is 31.5 Å². The lowest BCUT2D eigenvalue weighted by Gasteiger charge is -2.21. The maximum absolute atomic E-state index is 12.3. The van der Waals surface area contributed by atoms with Crippen molar-refractivity contribution in [3.8, 4) is 0 Å². The minimum Gasteiger partial charge on any atom is -0.469 e. The molecule has 1 rings (SSSR count). The van der Waals surface area contributed by atoms with Crippen molar-refractivity contribution in [2.45, 2.75) is 39.7 Å². The molecule has 0 aliphatic heterocycles. The molecule has 0 aliphatic rings. The molecule has 1 unspecified atom stereocenters. The third-order valence-corrected chi connectivity index (χ3v) is 3.60. The highest BCUT2D eigenvalue weighted by Crippen LogP contribution is 2.07. The van der Waals surface area contributed by atoms with E-state index in [2.05, 4.69) is 15.4 Å². The summed E-state index contributed by atoms with van der Waals surface area (Å²) in [6.07, 6.45) is 0.744. The molecule has 2 amide bonds. The fourth-order valence-electron chi connectivity index (χ4n) is 2.20. The lowest BCUT2D eigenvalue weighted by molar-refractivity contribution is -0.140. The summed E-state index contributed by atoms with van der Waals surface area (Å²) in [4.78, 5) is 35.6. The zero-order valence-electron chi connectivity index (χ0n) is 14.7. The molecule has 6 heteroatoms. The molecule has 0 fully saturated rings. The van der Waals surface area contributed by atoms with Crippen molar-refractivity contribution in [2.24, 2.45) is 5.92 Å². The van der Waals surface area contributed by atoms with Gasteiger partial charge in [0.05, 0.1) is 7.11 Å². The van der Waals surface area contributed by atoms with Gasteiger partial charge in [0.1, 0.15) is 6.04 Å². The van der Waals surface area contributed by atoms with E-state index >= 15 is 0 Å². The number of hydrogen-bond acceptors (Lipinski definition) is 4. The summed E-state index contributed by atoms with van der Waals surface area (Å²) in [6.45, 7) is 6.01. The van der Waals surface area contributed by atoms with Gasteiger partial charge in [-0.3, -0.25) is 14.4 Å². The predicted molar refractivity (Wildman–Crippen MR) is 91.5 cm³/mol. The molecule has 0 saturated carbocycles. The Morgan fingerprint density at radius 1 is 1.21 bits per heavy atom. The molecular weight excluding hydrogens is 308 g/mol. The third kappa shape index (κ3) is 6.40. The minimum atomic E-state index is -0.629. The van der Waals surface area contributed by atoms with E-state index in [9.17, 15) is 14.4 Å². The second-order valence-corrected chi connectivity index (χ2v) is 6.04. The van der Waals surface area contributed by atoms with Crippen LogP contribution in [-0.2, 0) is 14.3 Å². The van der Waals surface area contributed by atoms with Crippen LogP contribution in [0.1, 0.15) is 42.6 Å². The van der Waals surface area contributed by atoms with Gasteiger partial charge in [-0.25, -0.2) is 0 Å². The molecule has 0 spiro atoms. The van der Waals surface area contributed by atoms with E-state index < -0.39 is 6.04 Å². The molecule has 6 nitrogen and oxygen atoms in total. The lowest BCUT2D eigenvalue weighted by atomic mass is 10.0. The maximum Gasteiger partial charge on any atom is 0.305 e. The van der Waals surface area contributed by atoms with Crippen molar-refractivity contribution in [3.05, 3.63) is 35.4 Å². The highest BCUT2D eigenvalue weighted by atomic mass is 16.5. The number of benzene rings is 1. The number of methoxy groups -OCH3 is 1. The Morgan fingerprint density at radius 3 is 2.50 bits per heavy atom. The number of aryl methyl sites for hydroxylation is 1.